The van der Waals surface area contributed by atoms with Gasteiger partial charge in [-0.3, -0.25) is 10.1 Å². The number of aromatic amines is 1. The highest BCUT2D eigenvalue weighted by atomic mass is 35.5. The van der Waals surface area contributed by atoms with Gasteiger partial charge in [0, 0.05) is 40.8 Å². The zero-order valence-electron chi connectivity index (χ0n) is 12.6. The van der Waals surface area contributed by atoms with E-state index in [4.69, 9.17) is 5.73 Å². The predicted molar refractivity (Wildman–Crippen MR) is 90.5 cm³/mol. The van der Waals surface area contributed by atoms with Gasteiger partial charge in [0.2, 0.25) is 0 Å². The van der Waals surface area contributed by atoms with E-state index in [1.807, 2.05) is 0 Å². The van der Waals surface area contributed by atoms with Crippen molar-refractivity contribution in [2.24, 2.45) is 5.73 Å². The summed E-state index contributed by atoms with van der Waals surface area (Å²) in [6.45, 7) is -0.0238. The van der Waals surface area contributed by atoms with Crippen LogP contribution in [0.4, 0.5) is 18.9 Å². The van der Waals surface area contributed by atoms with Crippen molar-refractivity contribution >= 4 is 29.0 Å². The van der Waals surface area contributed by atoms with Crippen LogP contribution in [0.5, 0.6) is 0 Å². The lowest BCUT2D eigenvalue weighted by Gasteiger charge is -2.13. The summed E-state index contributed by atoms with van der Waals surface area (Å²) < 4.78 is 40.0. The second-order valence-electron chi connectivity index (χ2n) is 5.21. The maximum absolute atomic E-state index is 13.3. The lowest BCUT2D eigenvalue weighted by Crippen LogP contribution is -2.08. The molecular weight excluding hydrogens is 359 g/mol. The maximum Gasteiger partial charge on any atom is 0.417 e. The molecule has 25 heavy (non-hydrogen) atoms. The van der Waals surface area contributed by atoms with Crippen LogP contribution in [-0.2, 0) is 12.7 Å². The standard InChI is InChI=1S/C16H12F3N3O2.ClH/c17-16(18,19)12-4-2-1-3-10(12)15-11-7-9(22(23)24)5-6-13(11)21-14(15)8-20;/h1-7,21H,8,20H2;1H. The van der Waals surface area contributed by atoms with Gasteiger partial charge in [-0.15, -0.1) is 12.4 Å². The molecule has 0 saturated carbocycles. The van der Waals surface area contributed by atoms with Crippen molar-refractivity contribution in [3.8, 4) is 11.1 Å². The number of benzene rings is 2. The van der Waals surface area contributed by atoms with E-state index >= 15 is 0 Å². The summed E-state index contributed by atoms with van der Waals surface area (Å²) in [6.07, 6.45) is -4.55. The first-order valence-electron chi connectivity index (χ1n) is 6.98. The summed E-state index contributed by atoms with van der Waals surface area (Å²) in [5.41, 5.74) is 5.72. The van der Waals surface area contributed by atoms with Gasteiger partial charge in [0.1, 0.15) is 0 Å². The van der Waals surface area contributed by atoms with Crippen molar-refractivity contribution in [2.75, 3.05) is 0 Å². The minimum atomic E-state index is -4.55. The Hall–Kier alpha value is -2.58. The average molecular weight is 372 g/mol. The molecule has 3 aromatic rings. The molecule has 2 aromatic carbocycles. The van der Waals surface area contributed by atoms with Gasteiger partial charge >= 0.3 is 6.18 Å². The van der Waals surface area contributed by atoms with Gasteiger partial charge < -0.3 is 10.7 Å². The SMILES string of the molecule is Cl.NCc1[nH]c2ccc([N+](=O)[O-])cc2c1-c1ccccc1C(F)(F)F. The van der Waals surface area contributed by atoms with Gasteiger partial charge in [0.25, 0.3) is 5.69 Å². The molecule has 0 amide bonds. The van der Waals surface area contributed by atoms with Gasteiger partial charge in [-0.2, -0.15) is 13.2 Å². The zero-order chi connectivity index (χ0) is 17.5. The Morgan fingerprint density at radius 1 is 1.16 bits per heavy atom. The largest absolute Gasteiger partial charge is 0.417 e. The Morgan fingerprint density at radius 2 is 1.84 bits per heavy atom. The molecule has 0 unspecified atom stereocenters. The van der Waals surface area contributed by atoms with E-state index in [-0.39, 0.29) is 35.8 Å². The molecule has 0 aliphatic carbocycles. The van der Waals surface area contributed by atoms with Crippen LogP contribution in [0.2, 0.25) is 0 Å². The molecule has 3 rings (SSSR count). The fraction of sp³-hybridized carbons (Fsp3) is 0.125. The van der Waals surface area contributed by atoms with Crippen LogP contribution in [0.25, 0.3) is 22.0 Å². The molecule has 3 N–H and O–H groups in total. The van der Waals surface area contributed by atoms with Crippen LogP contribution in [0.1, 0.15) is 11.3 Å². The van der Waals surface area contributed by atoms with Crippen molar-refractivity contribution < 1.29 is 18.1 Å². The third-order valence-electron chi connectivity index (χ3n) is 3.78. The Balaban J connectivity index is 0.00000225. The average Bonchev–Trinajstić information content (AvgIpc) is 2.91. The summed E-state index contributed by atoms with van der Waals surface area (Å²) in [4.78, 5) is 13.3. The van der Waals surface area contributed by atoms with Crippen molar-refractivity contribution in [1.29, 1.82) is 0 Å². The molecule has 0 saturated heterocycles. The number of nitrogens with one attached hydrogen (secondary N) is 1. The molecule has 5 nitrogen and oxygen atoms in total. The van der Waals surface area contributed by atoms with E-state index in [0.717, 1.165) is 6.07 Å². The third-order valence-corrected chi connectivity index (χ3v) is 3.78. The number of alkyl halides is 3. The molecule has 9 heteroatoms. The van der Waals surface area contributed by atoms with E-state index in [9.17, 15) is 23.3 Å². The molecule has 0 aliphatic heterocycles. The molecular formula is C16H13ClF3N3O2. The number of hydrogen-bond acceptors (Lipinski definition) is 3. The number of rotatable bonds is 3. The van der Waals surface area contributed by atoms with E-state index in [1.165, 1.54) is 36.4 Å². The molecule has 0 fully saturated rings. The number of nitrogens with zero attached hydrogens (tertiary/aromatic N) is 1. The van der Waals surface area contributed by atoms with E-state index in [1.54, 1.807) is 0 Å². The van der Waals surface area contributed by atoms with Crippen LogP contribution < -0.4 is 5.73 Å². The number of H-pyrrole nitrogens is 1. The van der Waals surface area contributed by atoms with Gasteiger partial charge in [0.15, 0.2) is 0 Å². The smallest absolute Gasteiger partial charge is 0.357 e. The Morgan fingerprint density at radius 3 is 2.44 bits per heavy atom. The first-order valence-corrected chi connectivity index (χ1v) is 6.98. The summed E-state index contributed by atoms with van der Waals surface area (Å²) >= 11 is 0. The number of hydrogen-bond donors (Lipinski definition) is 2. The van der Waals surface area contributed by atoms with Crippen LogP contribution >= 0.6 is 12.4 Å². The lowest BCUT2D eigenvalue weighted by atomic mass is 9.96. The minimum Gasteiger partial charge on any atom is -0.357 e. The van der Waals surface area contributed by atoms with Crippen LogP contribution in [-0.4, -0.2) is 9.91 Å². The van der Waals surface area contributed by atoms with Crippen LogP contribution in [0.3, 0.4) is 0 Å². The quantitative estimate of drug-likeness (QED) is 0.519. The first kappa shape index (κ1) is 18.8. The van der Waals surface area contributed by atoms with E-state index in [0.29, 0.717) is 16.6 Å². The van der Waals surface area contributed by atoms with E-state index in [2.05, 4.69) is 4.98 Å². The topological polar surface area (TPSA) is 85.0 Å². The second-order valence-corrected chi connectivity index (χ2v) is 5.21. The highest BCUT2D eigenvalue weighted by molar-refractivity contribution is 5.99. The molecule has 0 spiro atoms. The minimum absolute atomic E-state index is 0. The maximum atomic E-state index is 13.3. The number of fused-ring (bicyclic) bond motifs is 1. The molecule has 0 bridgehead atoms. The van der Waals surface area contributed by atoms with Crippen molar-refractivity contribution in [3.05, 3.63) is 63.8 Å². The highest BCUT2D eigenvalue weighted by Crippen LogP contribution is 2.41. The molecule has 0 aliphatic rings. The normalized spacial score (nSPS) is 11.4. The summed E-state index contributed by atoms with van der Waals surface area (Å²) in [7, 11) is 0. The number of nitro groups is 1. The monoisotopic (exact) mass is 371 g/mol. The number of nitro benzene ring substituents is 1. The van der Waals surface area contributed by atoms with Crippen molar-refractivity contribution in [2.45, 2.75) is 12.7 Å². The molecule has 0 atom stereocenters. The van der Waals surface area contributed by atoms with Crippen molar-refractivity contribution in [3.63, 3.8) is 0 Å². The Labute approximate surface area is 146 Å². The number of halogens is 4. The fourth-order valence-electron chi connectivity index (χ4n) is 2.76. The fourth-order valence-corrected chi connectivity index (χ4v) is 2.76. The second kappa shape index (κ2) is 6.73. The third kappa shape index (κ3) is 3.31. The van der Waals surface area contributed by atoms with Crippen LogP contribution in [0, 0.1) is 10.1 Å². The van der Waals surface area contributed by atoms with Gasteiger partial charge in [-0.25, -0.2) is 0 Å². The molecule has 132 valence electrons. The Kier molecular flexibility index (Phi) is 5.05. The van der Waals surface area contributed by atoms with Gasteiger partial charge in [-0.05, 0) is 17.7 Å². The number of non-ortho nitro benzene ring substituents is 1. The first-order chi connectivity index (χ1) is 11.3. The van der Waals surface area contributed by atoms with Crippen LogP contribution in [0.15, 0.2) is 42.5 Å². The summed E-state index contributed by atoms with van der Waals surface area (Å²) in [6, 6.07) is 9.11. The molecule has 0 radical (unpaired) electrons. The summed E-state index contributed by atoms with van der Waals surface area (Å²) in [5.74, 6) is 0. The number of aromatic nitrogens is 1. The van der Waals surface area contributed by atoms with Crippen molar-refractivity contribution in [1.82, 2.24) is 4.98 Å². The Bertz CT molecular complexity index is 938. The lowest BCUT2D eigenvalue weighted by molar-refractivity contribution is -0.384. The zero-order valence-corrected chi connectivity index (χ0v) is 13.4. The van der Waals surface area contributed by atoms with Gasteiger partial charge in [-0.1, -0.05) is 18.2 Å². The number of nitrogens with two attached hydrogens (primary N) is 1. The molecule has 1 heterocycles. The van der Waals surface area contributed by atoms with E-state index < -0.39 is 16.7 Å². The highest BCUT2D eigenvalue weighted by Gasteiger charge is 2.34. The molecule has 1 aromatic heterocycles. The summed E-state index contributed by atoms with van der Waals surface area (Å²) in [5, 5.41) is 11.3. The predicted octanol–water partition coefficient (Wildman–Crippen LogP) is 4.64. The van der Waals surface area contributed by atoms with Gasteiger partial charge in [0.05, 0.1) is 10.5 Å².